The lowest BCUT2D eigenvalue weighted by Crippen LogP contribution is -2.38. The third-order valence-electron chi connectivity index (χ3n) is 5.51. The lowest BCUT2D eigenvalue weighted by Gasteiger charge is -2.23. The first-order valence-corrected chi connectivity index (χ1v) is 11.4. The number of phenols is 1. The van der Waals surface area contributed by atoms with E-state index in [4.69, 9.17) is 9.84 Å². The molecule has 0 aliphatic carbocycles. The van der Waals surface area contributed by atoms with Crippen molar-refractivity contribution in [3.05, 3.63) is 47.5 Å². The number of aromatic hydroxyl groups is 1. The molecule has 2 aromatic carbocycles. The zero-order valence-corrected chi connectivity index (χ0v) is 19.8. The van der Waals surface area contributed by atoms with Crippen LogP contribution in [0.5, 0.6) is 5.75 Å². The van der Waals surface area contributed by atoms with Gasteiger partial charge in [-0.25, -0.2) is 0 Å². The van der Waals surface area contributed by atoms with Gasteiger partial charge in [0, 0.05) is 12.0 Å². The SMILES string of the molecule is CCC(COCCO)NC(=O)CCc1cc(-n2nc3ccccc3n2)c(O)c(C(C)(C)C)c1. The number of aliphatic hydroxyl groups excluding tert-OH is 1. The van der Waals surface area contributed by atoms with E-state index in [9.17, 15) is 9.90 Å². The number of aryl methyl sites for hydroxylation is 1. The van der Waals surface area contributed by atoms with Crippen LogP contribution in [0, 0.1) is 0 Å². The number of benzene rings is 2. The van der Waals surface area contributed by atoms with Gasteiger partial charge < -0.3 is 20.3 Å². The van der Waals surface area contributed by atoms with Crippen LogP contribution in [0.15, 0.2) is 36.4 Å². The number of aliphatic hydroxyl groups is 1. The van der Waals surface area contributed by atoms with Gasteiger partial charge in [0.15, 0.2) is 0 Å². The van der Waals surface area contributed by atoms with Gasteiger partial charge in [0.05, 0.1) is 25.9 Å². The average molecular weight is 455 g/mol. The highest BCUT2D eigenvalue weighted by molar-refractivity contribution is 5.76. The van der Waals surface area contributed by atoms with Crippen LogP contribution in [0.1, 0.15) is 51.7 Å². The van der Waals surface area contributed by atoms with Gasteiger partial charge in [-0.05, 0) is 42.0 Å². The van der Waals surface area contributed by atoms with Gasteiger partial charge in [0.1, 0.15) is 22.5 Å². The summed E-state index contributed by atoms with van der Waals surface area (Å²) in [5.74, 6) is 0.0763. The van der Waals surface area contributed by atoms with Gasteiger partial charge >= 0.3 is 0 Å². The first kappa shape index (κ1) is 24.7. The minimum Gasteiger partial charge on any atom is -0.505 e. The first-order valence-electron chi connectivity index (χ1n) is 11.4. The number of amides is 1. The third kappa shape index (κ3) is 6.30. The molecule has 1 atom stereocenters. The molecule has 33 heavy (non-hydrogen) atoms. The minimum atomic E-state index is -0.305. The molecule has 0 spiro atoms. The maximum Gasteiger partial charge on any atom is 0.220 e. The second-order valence-corrected chi connectivity index (χ2v) is 9.21. The largest absolute Gasteiger partial charge is 0.505 e. The Balaban J connectivity index is 1.82. The number of phenolic OH excluding ortho intramolecular Hbond substituents is 1. The summed E-state index contributed by atoms with van der Waals surface area (Å²) in [6.07, 6.45) is 1.56. The lowest BCUT2D eigenvalue weighted by molar-refractivity contribution is -0.122. The van der Waals surface area contributed by atoms with Crippen molar-refractivity contribution in [2.24, 2.45) is 0 Å². The average Bonchev–Trinajstić information content (AvgIpc) is 3.21. The Kier molecular flexibility index (Phi) is 8.05. The van der Waals surface area contributed by atoms with E-state index in [1.807, 2.05) is 64.1 Å². The fraction of sp³-hybridized carbons (Fsp3) is 0.480. The van der Waals surface area contributed by atoms with E-state index in [2.05, 4.69) is 15.5 Å². The van der Waals surface area contributed by atoms with Crippen molar-refractivity contribution in [2.45, 2.75) is 58.4 Å². The smallest absolute Gasteiger partial charge is 0.220 e. The summed E-state index contributed by atoms with van der Waals surface area (Å²) in [4.78, 5) is 14.0. The highest BCUT2D eigenvalue weighted by Gasteiger charge is 2.23. The zero-order valence-electron chi connectivity index (χ0n) is 19.8. The molecule has 3 rings (SSSR count). The lowest BCUT2D eigenvalue weighted by atomic mass is 9.84. The Morgan fingerprint density at radius 2 is 1.85 bits per heavy atom. The normalized spacial score (nSPS) is 12.8. The van der Waals surface area contributed by atoms with Gasteiger partial charge in [-0.3, -0.25) is 4.79 Å². The molecule has 0 aliphatic rings. The van der Waals surface area contributed by atoms with Crippen molar-refractivity contribution < 1.29 is 19.7 Å². The molecule has 1 amide bonds. The molecule has 1 aromatic heterocycles. The Bertz CT molecular complexity index is 1050. The summed E-state index contributed by atoms with van der Waals surface area (Å²) in [6.45, 7) is 8.68. The Hall–Kier alpha value is -2.97. The summed E-state index contributed by atoms with van der Waals surface area (Å²) in [6, 6.07) is 11.3. The highest BCUT2D eigenvalue weighted by atomic mass is 16.5. The molecule has 1 unspecified atom stereocenters. The van der Waals surface area contributed by atoms with Gasteiger partial charge in [-0.1, -0.05) is 45.9 Å². The molecule has 0 saturated heterocycles. The Morgan fingerprint density at radius 3 is 2.42 bits per heavy atom. The number of carbonyl (C=O) groups excluding carboxylic acids is 1. The number of hydrogen-bond acceptors (Lipinski definition) is 6. The molecule has 3 aromatic rings. The van der Waals surface area contributed by atoms with Crippen LogP contribution in [0.25, 0.3) is 16.7 Å². The minimum absolute atomic E-state index is 0.0374. The van der Waals surface area contributed by atoms with Crippen molar-refractivity contribution in [3.63, 3.8) is 0 Å². The maximum absolute atomic E-state index is 12.5. The molecule has 8 nitrogen and oxygen atoms in total. The van der Waals surface area contributed by atoms with Crippen LogP contribution in [-0.4, -0.2) is 57.0 Å². The molecule has 1 heterocycles. The van der Waals surface area contributed by atoms with Gasteiger partial charge in [-0.15, -0.1) is 15.0 Å². The van der Waals surface area contributed by atoms with Crippen molar-refractivity contribution in [1.29, 1.82) is 0 Å². The molecule has 178 valence electrons. The van der Waals surface area contributed by atoms with Gasteiger partial charge in [0.25, 0.3) is 0 Å². The van der Waals surface area contributed by atoms with Crippen molar-refractivity contribution in [1.82, 2.24) is 20.3 Å². The van der Waals surface area contributed by atoms with Gasteiger partial charge in [-0.2, -0.15) is 0 Å². The molecule has 3 N–H and O–H groups in total. The van der Waals surface area contributed by atoms with E-state index >= 15 is 0 Å². The van der Waals surface area contributed by atoms with Crippen molar-refractivity contribution >= 4 is 16.9 Å². The van der Waals surface area contributed by atoms with E-state index in [0.29, 0.717) is 25.1 Å². The standard InChI is InChI=1S/C25H34N4O4/c1-5-18(16-33-13-12-30)26-23(31)11-10-17-14-19(25(2,3)4)24(32)22(15-17)29-27-20-8-6-7-9-21(20)28-29/h6-9,14-15,18,30,32H,5,10-13,16H2,1-4H3,(H,26,31). The Morgan fingerprint density at radius 1 is 1.18 bits per heavy atom. The number of rotatable bonds is 10. The summed E-state index contributed by atoms with van der Waals surface area (Å²) in [5.41, 5.74) is 3.38. The van der Waals surface area contributed by atoms with Gasteiger partial charge in [0.2, 0.25) is 5.91 Å². The monoisotopic (exact) mass is 454 g/mol. The first-order chi connectivity index (χ1) is 15.7. The van der Waals surface area contributed by atoms with E-state index in [0.717, 1.165) is 28.6 Å². The number of nitrogens with zero attached hydrogens (tertiary/aromatic N) is 3. The molecule has 0 aliphatic heterocycles. The van der Waals surface area contributed by atoms with Crippen molar-refractivity contribution in [2.75, 3.05) is 19.8 Å². The van der Waals surface area contributed by atoms with Crippen LogP contribution < -0.4 is 5.32 Å². The van der Waals surface area contributed by atoms with Crippen LogP contribution >= 0.6 is 0 Å². The molecule has 0 radical (unpaired) electrons. The van der Waals surface area contributed by atoms with E-state index < -0.39 is 0 Å². The number of nitrogens with one attached hydrogen (secondary N) is 1. The van der Waals surface area contributed by atoms with E-state index in [1.165, 1.54) is 4.80 Å². The number of fused-ring (bicyclic) bond motifs is 1. The van der Waals surface area contributed by atoms with E-state index in [1.54, 1.807) is 0 Å². The summed E-state index contributed by atoms with van der Waals surface area (Å²) >= 11 is 0. The maximum atomic E-state index is 12.5. The third-order valence-corrected chi connectivity index (χ3v) is 5.51. The molecule has 0 saturated carbocycles. The van der Waals surface area contributed by atoms with Crippen LogP contribution in [0.2, 0.25) is 0 Å². The topological polar surface area (TPSA) is 110 Å². The fourth-order valence-electron chi connectivity index (χ4n) is 3.62. The molecule has 8 heteroatoms. The molecule has 0 bridgehead atoms. The summed E-state index contributed by atoms with van der Waals surface area (Å²) < 4.78 is 5.35. The van der Waals surface area contributed by atoms with Crippen LogP contribution in [0.3, 0.4) is 0 Å². The second-order valence-electron chi connectivity index (χ2n) is 9.21. The molecule has 0 fully saturated rings. The number of aromatic nitrogens is 3. The zero-order chi connectivity index (χ0) is 24.0. The van der Waals surface area contributed by atoms with Crippen molar-refractivity contribution in [3.8, 4) is 11.4 Å². The number of ether oxygens (including phenoxy) is 1. The summed E-state index contributed by atoms with van der Waals surface area (Å²) in [5, 5.41) is 31.9. The highest BCUT2D eigenvalue weighted by Crippen LogP contribution is 2.36. The van der Waals surface area contributed by atoms with Crippen LogP contribution in [0.4, 0.5) is 0 Å². The van der Waals surface area contributed by atoms with E-state index in [-0.39, 0.29) is 36.3 Å². The molecular weight excluding hydrogens is 420 g/mol. The molecular formula is C25H34N4O4. The fourth-order valence-corrected chi connectivity index (χ4v) is 3.62. The predicted octanol–water partition coefficient (Wildman–Crippen LogP) is 3.26. The van der Waals surface area contributed by atoms with Crippen LogP contribution in [-0.2, 0) is 21.4 Å². The summed E-state index contributed by atoms with van der Waals surface area (Å²) in [7, 11) is 0. The second kappa shape index (κ2) is 10.8. The number of carbonyl (C=O) groups is 1. The number of hydrogen-bond donors (Lipinski definition) is 3. The Labute approximate surface area is 194 Å². The quantitative estimate of drug-likeness (QED) is 0.406. The predicted molar refractivity (Wildman–Crippen MR) is 128 cm³/mol.